The topological polar surface area (TPSA) is 119 Å². The summed E-state index contributed by atoms with van der Waals surface area (Å²) in [6.07, 6.45) is 3.40. The summed E-state index contributed by atoms with van der Waals surface area (Å²) in [6, 6.07) is 0. The molecular formula is C14H17N5O4. The Labute approximate surface area is 132 Å². The summed E-state index contributed by atoms with van der Waals surface area (Å²) in [5, 5.41) is 15.5. The van der Waals surface area contributed by atoms with Gasteiger partial charge in [0.05, 0.1) is 11.9 Å². The fourth-order valence-corrected chi connectivity index (χ4v) is 1.85. The average molecular weight is 319 g/mol. The number of carbonyl (C=O) groups is 2. The van der Waals surface area contributed by atoms with E-state index >= 15 is 0 Å². The van der Waals surface area contributed by atoms with Crippen LogP contribution in [0.15, 0.2) is 18.6 Å². The van der Waals surface area contributed by atoms with E-state index in [1.165, 1.54) is 23.3 Å². The van der Waals surface area contributed by atoms with Gasteiger partial charge in [-0.3, -0.25) is 10.00 Å². The minimum absolute atomic E-state index is 0.0453. The molecule has 2 rings (SSSR count). The number of aromatic nitrogens is 4. The zero-order valence-corrected chi connectivity index (χ0v) is 13.2. The summed E-state index contributed by atoms with van der Waals surface area (Å²) in [5.41, 5.74) is 0.261. The molecule has 122 valence electrons. The Morgan fingerprint density at radius 1 is 1.22 bits per heavy atom. The quantitative estimate of drug-likeness (QED) is 0.886. The lowest BCUT2D eigenvalue weighted by atomic mass is 10.1. The van der Waals surface area contributed by atoms with Gasteiger partial charge in [-0.1, -0.05) is 0 Å². The predicted molar refractivity (Wildman–Crippen MR) is 81.1 cm³/mol. The maximum atomic E-state index is 11.6. The van der Waals surface area contributed by atoms with Crippen molar-refractivity contribution in [3.05, 3.63) is 24.2 Å². The maximum Gasteiger partial charge on any atom is 0.414 e. The molecule has 2 aromatic heterocycles. The number of nitrogens with zero attached hydrogens (tertiary/aromatic N) is 4. The molecule has 0 atom stereocenters. The van der Waals surface area contributed by atoms with E-state index in [1.54, 1.807) is 27.8 Å². The fourth-order valence-electron chi connectivity index (χ4n) is 1.85. The van der Waals surface area contributed by atoms with E-state index in [-0.39, 0.29) is 11.5 Å². The van der Waals surface area contributed by atoms with Crippen molar-refractivity contribution in [2.75, 3.05) is 5.32 Å². The van der Waals surface area contributed by atoms with Crippen LogP contribution in [0, 0.1) is 0 Å². The second-order valence-corrected chi connectivity index (χ2v) is 5.76. The molecule has 0 spiro atoms. The molecule has 0 aliphatic heterocycles. The Morgan fingerprint density at radius 3 is 2.35 bits per heavy atom. The Bertz CT molecular complexity index is 731. The first-order valence-corrected chi connectivity index (χ1v) is 6.75. The second-order valence-electron chi connectivity index (χ2n) is 5.76. The number of amides is 1. The van der Waals surface area contributed by atoms with Gasteiger partial charge in [-0.05, 0) is 20.8 Å². The number of aryl methyl sites for hydroxylation is 1. The van der Waals surface area contributed by atoms with Crippen molar-refractivity contribution in [1.29, 1.82) is 0 Å². The summed E-state index contributed by atoms with van der Waals surface area (Å²) < 4.78 is 6.51. The molecule has 0 aromatic carbocycles. The summed E-state index contributed by atoms with van der Waals surface area (Å²) >= 11 is 0. The van der Waals surface area contributed by atoms with Crippen LogP contribution in [0.4, 0.5) is 10.7 Å². The van der Waals surface area contributed by atoms with Crippen molar-refractivity contribution in [2.24, 2.45) is 7.05 Å². The molecule has 2 aromatic rings. The molecule has 0 aliphatic rings. The van der Waals surface area contributed by atoms with Gasteiger partial charge in [-0.25, -0.2) is 19.6 Å². The molecule has 1 amide bonds. The maximum absolute atomic E-state index is 11.6. The first-order chi connectivity index (χ1) is 10.7. The smallest absolute Gasteiger partial charge is 0.414 e. The van der Waals surface area contributed by atoms with E-state index in [0.29, 0.717) is 11.3 Å². The molecule has 0 radical (unpaired) electrons. The van der Waals surface area contributed by atoms with Crippen LogP contribution in [0.1, 0.15) is 31.1 Å². The molecule has 9 nitrogen and oxygen atoms in total. The van der Waals surface area contributed by atoms with Crippen LogP contribution < -0.4 is 5.32 Å². The fraction of sp³-hybridized carbons (Fsp3) is 0.357. The molecule has 0 saturated heterocycles. The van der Waals surface area contributed by atoms with Gasteiger partial charge in [0.25, 0.3) is 0 Å². The first-order valence-electron chi connectivity index (χ1n) is 6.75. The molecule has 0 unspecified atom stereocenters. The van der Waals surface area contributed by atoms with E-state index in [2.05, 4.69) is 20.4 Å². The lowest BCUT2D eigenvalue weighted by molar-refractivity contribution is 0.0633. The van der Waals surface area contributed by atoms with E-state index in [9.17, 15) is 9.59 Å². The number of carbonyl (C=O) groups excluding carboxylic acids is 1. The lowest BCUT2D eigenvalue weighted by Gasteiger charge is -2.19. The van der Waals surface area contributed by atoms with Crippen molar-refractivity contribution in [2.45, 2.75) is 26.4 Å². The number of hydrogen-bond donors (Lipinski definition) is 2. The van der Waals surface area contributed by atoms with Crippen molar-refractivity contribution in [3.63, 3.8) is 0 Å². The second kappa shape index (κ2) is 6.03. The molecule has 0 fully saturated rings. The van der Waals surface area contributed by atoms with Crippen LogP contribution in [-0.4, -0.2) is 42.5 Å². The van der Waals surface area contributed by atoms with Crippen LogP contribution in [0.25, 0.3) is 11.3 Å². The monoisotopic (exact) mass is 319 g/mol. The third-order valence-corrected chi connectivity index (χ3v) is 2.71. The Kier molecular flexibility index (Phi) is 4.30. The standard InChI is InChI=1S/C14H17N5O4/c1-14(2,3)23-13(22)18-12-15-5-8(6-16-12)10-9(11(20)21)7-17-19(10)4/h5-7H,1-4H3,(H,20,21)(H,15,16,18,22). The van der Waals surface area contributed by atoms with Crippen molar-refractivity contribution >= 4 is 18.0 Å². The molecular weight excluding hydrogens is 302 g/mol. The van der Waals surface area contributed by atoms with Gasteiger partial charge < -0.3 is 9.84 Å². The van der Waals surface area contributed by atoms with E-state index in [1.807, 2.05) is 0 Å². The first kappa shape index (κ1) is 16.4. The number of rotatable bonds is 3. The summed E-state index contributed by atoms with van der Waals surface area (Å²) in [7, 11) is 1.62. The molecule has 23 heavy (non-hydrogen) atoms. The van der Waals surface area contributed by atoms with Gasteiger partial charge >= 0.3 is 12.1 Å². The van der Waals surface area contributed by atoms with Crippen molar-refractivity contribution < 1.29 is 19.4 Å². The van der Waals surface area contributed by atoms with Gasteiger partial charge in [0.2, 0.25) is 5.95 Å². The van der Waals surface area contributed by atoms with Crippen molar-refractivity contribution in [3.8, 4) is 11.3 Å². The van der Waals surface area contributed by atoms with Gasteiger partial charge in [0.1, 0.15) is 11.2 Å². The van der Waals surface area contributed by atoms with Crippen LogP contribution in [0.5, 0.6) is 0 Å². The Hall–Kier alpha value is -2.97. The minimum atomic E-state index is -1.09. The average Bonchev–Trinajstić information content (AvgIpc) is 2.79. The molecule has 9 heteroatoms. The molecule has 2 heterocycles. The zero-order chi connectivity index (χ0) is 17.2. The van der Waals surface area contributed by atoms with Crippen molar-refractivity contribution in [1.82, 2.24) is 19.7 Å². The molecule has 0 aliphatic carbocycles. The zero-order valence-electron chi connectivity index (χ0n) is 13.2. The third-order valence-electron chi connectivity index (χ3n) is 2.71. The summed E-state index contributed by atoms with van der Waals surface area (Å²) in [6.45, 7) is 5.23. The SMILES string of the molecule is Cn1ncc(C(=O)O)c1-c1cnc(NC(=O)OC(C)(C)C)nc1. The Balaban J connectivity index is 2.19. The lowest BCUT2D eigenvalue weighted by Crippen LogP contribution is -2.27. The predicted octanol–water partition coefficient (Wildman–Crippen LogP) is 1.92. The highest BCUT2D eigenvalue weighted by Crippen LogP contribution is 2.22. The number of hydrogen-bond acceptors (Lipinski definition) is 6. The Morgan fingerprint density at radius 2 is 1.83 bits per heavy atom. The largest absolute Gasteiger partial charge is 0.478 e. The van der Waals surface area contributed by atoms with Gasteiger partial charge in [0.15, 0.2) is 0 Å². The van der Waals surface area contributed by atoms with Gasteiger partial charge in [-0.2, -0.15) is 5.10 Å². The van der Waals surface area contributed by atoms with Crippen LogP contribution in [0.2, 0.25) is 0 Å². The number of carboxylic acid groups (broad SMARTS) is 1. The highest BCUT2D eigenvalue weighted by molar-refractivity contribution is 5.94. The number of anilines is 1. The molecule has 0 saturated carbocycles. The van der Waals surface area contributed by atoms with E-state index < -0.39 is 17.7 Å². The highest BCUT2D eigenvalue weighted by Gasteiger charge is 2.19. The van der Waals surface area contributed by atoms with Crippen LogP contribution >= 0.6 is 0 Å². The number of nitrogens with one attached hydrogen (secondary N) is 1. The highest BCUT2D eigenvalue weighted by atomic mass is 16.6. The third kappa shape index (κ3) is 4.02. The number of carboxylic acids is 1. The normalized spacial score (nSPS) is 11.1. The molecule has 2 N–H and O–H groups in total. The van der Waals surface area contributed by atoms with E-state index in [4.69, 9.17) is 9.84 Å². The number of aromatic carboxylic acids is 1. The summed E-state index contributed by atoms with van der Waals surface area (Å²) in [5.74, 6) is -1.04. The number of ether oxygens (including phenoxy) is 1. The minimum Gasteiger partial charge on any atom is -0.478 e. The van der Waals surface area contributed by atoms with Gasteiger partial charge in [-0.15, -0.1) is 0 Å². The van der Waals surface area contributed by atoms with E-state index in [0.717, 1.165) is 0 Å². The van der Waals surface area contributed by atoms with Gasteiger partial charge in [0, 0.05) is 25.0 Å². The van der Waals surface area contributed by atoms with Crippen LogP contribution in [0.3, 0.4) is 0 Å². The van der Waals surface area contributed by atoms with Crippen LogP contribution in [-0.2, 0) is 11.8 Å². The molecule has 0 bridgehead atoms. The summed E-state index contributed by atoms with van der Waals surface area (Å²) in [4.78, 5) is 30.8.